The van der Waals surface area contributed by atoms with Crippen LogP contribution in [-0.4, -0.2) is 49.7 Å². The number of likely N-dealkylation sites (tertiary alicyclic amines) is 1. The van der Waals surface area contributed by atoms with Crippen molar-refractivity contribution >= 4 is 44.9 Å². The first kappa shape index (κ1) is 18.4. The zero-order valence-electron chi connectivity index (χ0n) is 15.9. The second kappa shape index (κ2) is 7.59. The highest BCUT2D eigenvalue weighted by molar-refractivity contribution is 7.17. The lowest BCUT2D eigenvalue weighted by molar-refractivity contribution is -0.125. The van der Waals surface area contributed by atoms with Crippen LogP contribution in [0.3, 0.4) is 0 Å². The van der Waals surface area contributed by atoms with E-state index in [0.29, 0.717) is 12.5 Å². The summed E-state index contributed by atoms with van der Waals surface area (Å²) in [5.74, 6) is 1.28. The van der Waals surface area contributed by atoms with E-state index >= 15 is 0 Å². The highest BCUT2D eigenvalue weighted by Crippen LogP contribution is 2.29. The third kappa shape index (κ3) is 3.70. The van der Waals surface area contributed by atoms with Crippen LogP contribution in [0.1, 0.15) is 26.3 Å². The number of hydrogen-bond acceptors (Lipinski definition) is 7. The molecule has 9 heteroatoms. The molecular formula is C19H23N7OS. The summed E-state index contributed by atoms with van der Waals surface area (Å²) in [5.41, 5.74) is 1.73. The lowest BCUT2D eigenvalue weighted by Crippen LogP contribution is -2.30. The molecule has 0 spiro atoms. The SMILES string of the molecule is C=CC(=O)N1CC[C@@H](Nc2nc(Nc3cnn(C(C)C)c3)nc3ccsc23)C1. The van der Waals surface area contributed by atoms with Crippen LogP contribution < -0.4 is 10.6 Å². The fraction of sp³-hybridized carbons (Fsp3) is 0.368. The van der Waals surface area contributed by atoms with Gasteiger partial charge < -0.3 is 15.5 Å². The zero-order valence-corrected chi connectivity index (χ0v) is 16.7. The predicted molar refractivity (Wildman–Crippen MR) is 112 cm³/mol. The van der Waals surface area contributed by atoms with Crippen molar-refractivity contribution in [2.45, 2.75) is 32.4 Å². The summed E-state index contributed by atoms with van der Waals surface area (Å²) >= 11 is 1.60. The second-order valence-corrected chi connectivity index (χ2v) is 7.99. The number of anilines is 3. The van der Waals surface area contributed by atoms with Gasteiger partial charge in [0.05, 0.1) is 22.1 Å². The Morgan fingerprint density at radius 1 is 1.43 bits per heavy atom. The van der Waals surface area contributed by atoms with Gasteiger partial charge in [-0.25, -0.2) is 4.98 Å². The third-order valence-corrected chi connectivity index (χ3v) is 5.62. The molecule has 1 aliphatic heterocycles. The maximum Gasteiger partial charge on any atom is 0.246 e. The van der Waals surface area contributed by atoms with Crippen molar-refractivity contribution in [2.24, 2.45) is 0 Å². The van der Waals surface area contributed by atoms with Gasteiger partial charge in [-0.2, -0.15) is 10.1 Å². The van der Waals surface area contributed by atoms with Crippen molar-refractivity contribution in [2.75, 3.05) is 23.7 Å². The van der Waals surface area contributed by atoms with Gasteiger partial charge in [0.15, 0.2) is 0 Å². The van der Waals surface area contributed by atoms with E-state index in [1.807, 2.05) is 22.3 Å². The summed E-state index contributed by atoms with van der Waals surface area (Å²) in [6.07, 6.45) is 5.95. The number of nitrogens with zero attached hydrogens (tertiary/aromatic N) is 5. The predicted octanol–water partition coefficient (Wildman–Crippen LogP) is 3.41. The van der Waals surface area contributed by atoms with Crippen LogP contribution >= 0.6 is 11.3 Å². The molecule has 0 bridgehead atoms. The first-order valence-corrected chi connectivity index (χ1v) is 10.2. The monoisotopic (exact) mass is 397 g/mol. The molecule has 1 fully saturated rings. The summed E-state index contributed by atoms with van der Waals surface area (Å²) in [7, 11) is 0. The Bertz CT molecular complexity index is 1010. The van der Waals surface area contributed by atoms with Crippen molar-refractivity contribution < 1.29 is 4.79 Å². The number of fused-ring (bicyclic) bond motifs is 1. The van der Waals surface area contributed by atoms with E-state index in [0.717, 1.165) is 34.7 Å². The summed E-state index contributed by atoms with van der Waals surface area (Å²) in [6.45, 7) is 9.09. The molecule has 1 amide bonds. The summed E-state index contributed by atoms with van der Waals surface area (Å²) in [6, 6.07) is 2.43. The van der Waals surface area contributed by atoms with Crippen LogP contribution in [-0.2, 0) is 4.79 Å². The highest BCUT2D eigenvalue weighted by atomic mass is 32.1. The molecule has 146 valence electrons. The topological polar surface area (TPSA) is 88.0 Å². The van der Waals surface area contributed by atoms with Gasteiger partial charge in [0, 0.05) is 31.4 Å². The summed E-state index contributed by atoms with van der Waals surface area (Å²) < 4.78 is 2.89. The lowest BCUT2D eigenvalue weighted by atomic mass is 10.2. The van der Waals surface area contributed by atoms with Crippen molar-refractivity contribution in [1.29, 1.82) is 0 Å². The van der Waals surface area contributed by atoms with Gasteiger partial charge in [0.2, 0.25) is 11.9 Å². The molecule has 0 aromatic carbocycles. The maximum atomic E-state index is 11.8. The van der Waals surface area contributed by atoms with Crippen molar-refractivity contribution in [3.63, 3.8) is 0 Å². The van der Waals surface area contributed by atoms with Crippen molar-refractivity contribution in [3.8, 4) is 0 Å². The molecular weight excluding hydrogens is 374 g/mol. The Kier molecular flexibility index (Phi) is 4.99. The number of hydrogen-bond donors (Lipinski definition) is 2. The molecule has 2 N–H and O–H groups in total. The molecule has 28 heavy (non-hydrogen) atoms. The minimum absolute atomic E-state index is 0.0298. The van der Waals surface area contributed by atoms with Crippen LogP contribution in [0.5, 0.6) is 0 Å². The summed E-state index contributed by atoms with van der Waals surface area (Å²) in [4.78, 5) is 22.9. The number of amides is 1. The number of carbonyl (C=O) groups is 1. The van der Waals surface area contributed by atoms with Gasteiger partial charge in [0.1, 0.15) is 5.82 Å². The van der Waals surface area contributed by atoms with Crippen LogP contribution in [0, 0.1) is 0 Å². The number of aromatic nitrogens is 4. The molecule has 0 saturated carbocycles. The van der Waals surface area contributed by atoms with Crippen LogP contribution in [0.25, 0.3) is 10.2 Å². The highest BCUT2D eigenvalue weighted by Gasteiger charge is 2.26. The van der Waals surface area contributed by atoms with Gasteiger partial charge in [-0.15, -0.1) is 11.3 Å². The molecule has 4 rings (SSSR count). The molecule has 4 heterocycles. The van der Waals surface area contributed by atoms with Gasteiger partial charge in [-0.3, -0.25) is 9.48 Å². The quantitative estimate of drug-likeness (QED) is 0.620. The smallest absolute Gasteiger partial charge is 0.246 e. The fourth-order valence-electron chi connectivity index (χ4n) is 3.23. The molecule has 3 aromatic heterocycles. The van der Waals surface area contributed by atoms with Crippen molar-refractivity contribution in [3.05, 3.63) is 36.5 Å². The molecule has 1 aliphatic rings. The van der Waals surface area contributed by atoms with E-state index in [1.54, 1.807) is 22.4 Å². The minimum atomic E-state index is -0.0298. The van der Waals surface area contributed by atoms with E-state index in [4.69, 9.17) is 4.98 Å². The molecule has 1 saturated heterocycles. The standard InChI is InChI=1S/C19H23N7OS/c1-4-16(27)25-7-5-13(10-25)21-18-17-15(6-8-28-17)23-19(24-18)22-14-9-20-26(11-14)12(2)3/h4,6,8-9,11-13H,1,5,7,10H2,2-3H3,(H2,21,22,23,24)/t13-/m1/s1. The van der Waals surface area contributed by atoms with Gasteiger partial charge in [0.25, 0.3) is 0 Å². The Hall–Kier alpha value is -2.94. The van der Waals surface area contributed by atoms with Gasteiger partial charge in [-0.05, 0) is 37.8 Å². The Balaban J connectivity index is 1.55. The number of rotatable bonds is 6. The second-order valence-electron chi connectivity index (χ2n) is 7.08. The van der Waals surface area contributed by atoms with Crippen LogP contribution in [0.15, 0.2) is 36.5 Å². The largest absolute Gasteiger partial charge is 0.364 e. The Labute approximate surface area is 167 Å². The molecule has 0 radical (unpaired) electrons. The zero-order chi connectivity index (χ0) is 19.7. The van der Waals surface area contributed by atoms with Crippen LogP contribution in [0.4, 0.5) is 17.5 Å². The molecule has 3 aromatic rings. The number of carbonyl (C=O) groups excluding carboxylic acids is 1. The van der Waals surface area contributed by atoms with Gasteiger partial charge >= 0.3 is 0 Å². The van der Waals surface area contributed by atoms with E-state index in [9.17, 15) is 4.79 Å². The molecule has 1 atom stereocenters. The van der Waals surface area contributed by atoms with E-state index < -0.39 is 0 Å². The van der Waals surface area contributed by atoms with E-state index in [-0.39, 0.29) is 18.0 Å². The van der Waals surface area contributed by atoms with Gasteiger partial charge in [-0.1, -0.05) is 6.58 Å². The van der Waals surface area contributed by atoms with Crippen LogP contribution in [0.2, 0.25) is 0 Å². The molecule has 8 nitrogen and oxygen atoms in total. The maximum absolute atomic E-state index is 11.8. The van der Waals surface area contributed by atoms with E-state index in [2.05, 4.69) is 41.1 Å². The summed E-state index contributed by atoms with van der Waals surface area (Å²) in [5, 5.41) is 13.1. The Morgan fingerprint density at radius 2 is 2.29 bits per heavy atom. The molecule has 0 aliphatic carbocycles. The normalized spacial score (nSPS) is 16.7. The first-order valence-electron chi connectivity index (χ1n) is 9.28. The van der Waals surface area contributed by atoms with Crippen molar-refractivity contribution in [1.82, 2.24) is 24.6 Å². The third-order valence-electron chi connectivity index (χ3n) is 4.71. The average Bonchev–Trinajstić information content (AvgIpc) is 3.41. The molecule has 0 unspecified atom stereocenters. The van der Waals surface area contributed by atoms with E-state index in [1.165, 1.54) is 6.08 Å². The fourth-order valence-corrected chi connectivity index (χ4v) is 4.02. The lowest BCUT2D eigenvalue weighted by Gasteiger charge is -2.16. The first-order chi connectivity index (χ1) is 13.5. The average molecular weight is 398 g/mol. The number of nitrogens with one attached hydrogen (secondary N) is 2. The Morgan fingerprint density at radius 3 is 3.04 bits per heavy atom. The minimum Gasteiger partial charge on any atom is -0.364 e. The number of thiophene rings is 1.